The highest BCUT2D eigenvalue weighted by Crippen LogP contribution is 2.27. The predicted molar refractivity (Wildman–Crippen MR) is 66.3 cm³/mol. The maximum atomic E-state index is 5.93. The van der Waals surface area contributed by atoms with Crippen LogP contribution < -0.4 is 10.1 Å². The monoisotopic (exact) mass is 252 g/mol. The van der Waals surface area contributed by atoms with Crippen LogP contribution in [-0.4, -0.2) is 22.1 Å². The number of halogens is 1. The van der Waals surface area contributed by atoms with Gasteiger partial charge in [-0.2, -0.15) is 0 Å². The molecule has 0 bridgehead atoms. The Morgan fingerprint density at radius 1 is 1.47 bits per heavy atom. The molecule has 1 N–H and O–H groups in total. The molecule has 17 heavy (non-hydrogen) atoms. The van der Waals surface area contributed by atoms with Gasteiger partial charge in [0.25, 0.3) is 0 Å². The number of nitrogens with one attached hydrogen (secondary N) is 1. The van der Waals surface area contributed by atoms with Gasteiger partial charge in [0.15, 0.2) is 0 Å². The minimum Gasteiger partial charge on any atom is -0.495 e. The fraction of sp³-hybridized carbons (Fsp3) is 0.273. The maximum absolute atomic E-state index is 5.93. The molecule has 2 aromatic rings. The van der Waals surface area contributed by atoms with Crippen molar-refractivity contribution in [3.05, 3.63) is 35.1 Å². The lowest BCUT2D eigenvalue weighted by atomic mass is 10.3. The summed E-state index contributed by atoms with van der Waals surface area (Å²) in [5.41, 5.74) is 1.69. The van der Waals surface area contributed by atoms with Crippen LogP contribution in [0.4, 0.5) is 5.69 Å². The van der Waals surface area contributed by atoms with E-state index in [0.29, 0.717) is 11.6 Å². The Hall–Kier alpha value is -1.75. The minimum absolute atomic E-state index is 0.574. The van der Waals surface area contributed by atoms with E-state index >= 15 is 0 Å². The molecule has 0 radical (unpaired) electrons. The number of nitrogens with zero attached hydrogens (tertiary/aromatic N) is 3. The molecule has 90 valence electrons. The van der Waals surface area contributed by atoms with Crippen LogP contribution in [0, 0.1) is 0 Å². The first-order valence-electron chi connectivity index (χ1n) is 5.11. The molecule has 1 heterocycles. The topological polar surface area (TPSA) is 52.0 Å². The van der Waals surface area contributed by atoms with Gasteiger partial charge in [-0.05, 0) is 18.2 Å². The third kappa shape index (κ3) is 2.88. The van der Waals surface area contributed by atoms with Gasteiger partial charge in [0.2, 0.25) is 0 Å². The first-order chi connectivity index (χ1) is 8.19. The van der Waals surface area contributed by atoms with Gasteiger partial charge in [0, 0.05) is 18.3 Å². The van der Waals surface area contributed by atoms with E-state index in [2.05, 4.69) is 15.6 Å². The number of hydrogen-bond donors (Lipinski definition) is 1. The number of hydrogen-bond acceptors (Lipinski definition) is 4. The molecular formula is C11H13ClN4O. The second-order valence-electron chi connectivity index (χ2n) is 3.58. The number of methoxy groups -OCH3 is 1. The van der Waals surface area contributed by atoms with Crippen molar-refractivity contribution in [1.29, 1.82) is 0 Å². The van der Waals surface area contributed by atoms with Crippen LogP contribution in [0.3, 0.4) is 0 Å². The van der Waals surface area contributed by atoms with E-state index < -0.39 is 0 Å². The van der Waals surface area contributed by atoms with Crippen molar-refractivity contribution in [2.45, 2.75) is 6.54 Å². The van der Waals surface area contributed by atoms with Crippen LogP contribution >= 0.6 is 11.6 Å². The third-order valence-corrected chi connectivity index (χ3v) is 2.51. The highest BCUT2D eigenvalue weighted by molar-refractivity contribution is 6.30. The Bertz CT molecular complexity index is 512. The van der Waals surface area contributed by atoms with Crippen LogP contribution in [0.1, 0.15) is 5.69 Å². The van der Waals surface area contributed by atoms with Gasteiger partial charge in [-0.1, -0.05) is 16.8 Å². The maximum Gasteiger partial charge on any atom is 0.142 e. The zero-order valence-corrected chi connectivity index (χ0v) is 10.4. The molecule has 0 spiro atoms. The molecule has 0 aliphatic rings. The Labute approximate surface area is 104 Å². The summed E-state index contributed by atoms with van der Waals surface area (Å²) in [6, 6.07) is 5.42. The number of aryl methyl sites for hydroxylation is 1. The molecule has 0 atom stereocenters. The molecule has 0 aliphatic carbocycles. The summed E-state index contributed by atoms with van der Waals surface area (Å²) in [5.74, 6) is 0.748. The summed E-state index contributed by atoms with van der Waals surface area (Å²) >= 11 is 5.93. The summed E-state index contributed by atoms with van der Waals surface area (Å²) < 4.78 is 6.89. The van der Waals surface area contributed by atoms with E-state index in [1.54, 1.807) is 17.9 Å². The van der Waals surface area contributed by atoms with E-state index in [4.69, 9.17) is 16.3 Å². The van der Waals surface area contributed by atoms with Crippen molar-refractivity contribution in [2.75, 3.05) is 12.4 Å². The molecule has 1 aromatic carbocycles. The lowest BCUT2D eigenvalue weighted by Crippen LogP contribution is -2.01. The number of aromatic nitrogens is 3. The molecule has 6 heteroatoms. The van der Waals surface area contributed by atoms with Gasteiger partial charge >= 0.3 is 0 Å². The van der Waals surface area contributed by atoms with E-state index in [9.17, 15) is 0 Å². The van der Waals surface area contributed by atoms with E-state index in [0.717, 1.165) is 17.1 Å². The van der Waals surface area contributed by atoms with Gasteiger partial charge in [0.05, 0.1) is 19.3 Å². The first kappa shape index (κ1) is 11.7. The summed E-state index contributed by atoms with van der Waals surface area (Å²) in [5, 5.41) is 11.7. The fourth-order valence-corrected chi connectivity index (χ4v) is 1.65. The Balaban J connectivity index is 2.10. The zero-order chi connectivity index (χ0) is 12.3. The van der Waals surface area contributed by atoms with Crippen molar-refractivity contribution in [3.63, 3.8) is 0 Å². The Kier molecular flexibility index (Phi) is 3.49. The normalized spacial score (nSPS) is 10.3. The van der Waals surface area contributed by atoms with E-state index in [-0.39, 0.29) is 0 Å². The Morgan fingerprint density at radius 3 is 2.94 bits per heavy atom. The fourth-order valence-electron chi connectivity index (χ4n) is 1.48. The average molecular weight is 253 g/mol. The highest BCUT2D eigenvalue weighted by Gasteiger charge is 2.04. The lowest BCUT2D eigenvalue weighted by molar-refractivity contribution is 0.416. The summed E-state index contributed by atoms with van der Waals surface area (Å²) in [6.45, 7) is 0.574. The van der Waals surface area contributed by atoms with E-state index in [1.165, 1.54) is 0 Å². The summed E-state index contributed by atoms with van der Waals surface area (Å²) in [7, 11) is 3.45. The molecular weight excluding hydrogens is 240 g/mol. The van der Waals surface area contributed by atoms with Gasteiger partial charge in [-0.3, -0.25) is 4.68 Å². The van der Waals surface area contributed by atoms with Gasteiger partial charge < -0.3 is 10.1 Å². The van der Waals surface area contributed by atoms with Crippen LogP contribution in [0.25, 0.3) is 0 Å². The molecule has 0 fully saturated rings. The molecule has 0 amide bonds. The predicted octanol–water partition coefficient (Wildman–Crippen LogP) is 2.09. The molecule has 0 saturated carbocycles. The summed E-state index contributed by atoms with van der Waals surface area (Å²) in [6.07, 6.45) is 1.85. The smallest absolute Gasteiger partial charge is 0.142 e. The molecule has 1 aromatic heterocycles. The number of anilines is 1. The number of benzene rings is 1. The number of ether oxygens (including phenoxy) is 1. The Morgan fingerprint density at radius 2 is 2.29 bits per heavy atom. The highest BCUT2D eigenvalue weighted by atomic mass is 35.5. The lowest BCUT2D eigenvalue weighted by Gasteiger charge is -2.10. The van der Waals surface area contributed by atoms with Crippen LogP contribution in [0.5, 0.6) is 5.75 Å². The summed E-state index contributed by atoms with van der Waals surface area (Å²) in [4.78, 5) is 0. The van der Waals surface area contributed by atoms with Crippen molar-refractivity contribution < 1.29 is 4.74 Å². The third-order valence-electron chi connectivity index (χ3n) is 2.27. The van der Waals surface area contributed by atoms with Gasteiger partial charge in [-0.15, -0.1) is 5.10 Å². The SMILES string of the molecule is COc1ccc(Cl)cc1NCc1cn(C)nn1. The average Bonchev–Trinajstić information content (AvgIpc) is 2.73. The minimum atomic E-state index is 0.574. The molecule has 2 rings (SSSR count). The molecule has 0 saturated heterocycles. The second-order valence-corrected chi connectivity index (χ2v) is 4.02. The van der Waals surface area contributed by atoms with Crippen molar-refractivity contribution in [1.82, 2.24) is 15.0 Å². The first-order valence-corrected chi connectivity index (χ1v) is 5.49. The van der Waals surface area contributed by atoms with Crippen LogP contribution in [-0.2, 0) is 13.6 Å². The quantitative estimate of drug-likeness (QED) is 0.905. The standard InChI is InChI=1S/C11H13ClN4O/c1-16-7-9(14-15-16)6-13-10-5-8(12)3-4-11(10)17-2/h3-5,7,13H,6H2,1-2H3. The molecule has 0 aliphatic heterocycles. The largest absolute Gasteiger partial charge is 0.495 e. The van der Waals surface area contributed by atoms with Crippen molar-refractivity contribution in [2.24, 2.45) is 7.05 Å². The van der Waals surface area contributed by atoms with Crippen LogP contribution in [0.15, 0.2) is 24.4 Å². The van der Waals surface area contributed by atoms with Crippen molar-refractivity contribution >= 4 is 17.3 Å². The van der Waals surface area contributed by atoms with Gasteiger partial charge in [0.1, 0.15) is 11.4 Å². The zero-order valence-electron chi connectivity index (χ0n) is 9.64. The van der Waals surface area contributed by atoms with Gasteiger partial charge in [-0.25, -0.2) is 0 Å². The molecule has 0 unspecified atom stereocenters. The van der Waals surface area contributed by atoms with Crippen LogP contribution in [0.2, 0.25) is 5.02 Å². The number of rotatable bonds is 4. The molecule has 5 nitrogen and oxygen atoms in total. The van der Waals surface area contributed by atoms with E-state index in [1.807, 2.05) is 25.4 Å². The van der Waals surface area contributed by atoms with Crippen molar-refractivity contribution in [3.8, 4) is 5.75 Å². The second kappa shape index (κ2) is 5.05.